The highest BCUT2D eigenvalue weighted by molar-refractivity contribution is 7.09. The number of rotatable bonds is 4. The summed E-state index contributed by atoms with van der Waals surface area (Å²) in [7, 11) is 0. The summed E-state index contributed by atoms with van der Waals surface area (Å²) >= 11 is 1.34. The number of benzene rings is 1. The highest BCUT2D eigenvalue weighted by Gasteiger charge is 2.15. The first-order valence-corrected chi connectivity index (χ1v) is 6.70. The number of hydrogen-bond donors (Lipinski definition) is 1. The average Bonchev–Trinajstić information content (AvgIpc) is 3.00. The Hall–Kier alpha value is -2.27. The van der Waals surface area contributed by atoms with Crippen molar-refractivity contribution in [3.8, 4) is 0 Å². The van der Waals surface area contributed by atoms with Gasteiger partial charge in [0.1, 0.15) is 5.00 Å². The van der Waals surface area contributed by atoms with E-state index in [0.29, 0.717) is 0 Å². The van der Waals surface area contributed by atoms with Crippen LogP contribution in [0.4, 0.5) is 5.00 Å². The molecule has 2 aromatic heterocycles. The third-order valence-corrected chi connectivity index (χ3v) is 3.36. The maximum Gasteiger partial charge on any atom is 0.130 e. The van der Waals surface area contributed by atoms with Gasteiger partial charge in [-0.25, -0.2) is 0 Å². The van der Waals surface area contributed by atoms with E-state index in [9.17, 15) is 0 Å². The summed E-state index contributed by atoms with van der Waals surface area (Å²) in [6, 6.07) is 16.2. The highest BCUT2D eigenvalue weighted by atomic mass is 32.1. The van der Waals surface area contributed by atoms with Gasteiger partial charge in [-0.15, -0.1) is 5.10 Å². The lowest BCUT2D eigenvalue weighted by atomic mass is 10.0. The Labute approximate surface area is 115 Å². The van der Waals surface area contributed by atoms with Crippen molar-refractivity contribution in [3.05, 3.63) is 72.2 Å². The molecule has 94 valence electrons. The molecule has 0 fully saturated rings. The third kappa shape index (κ3) is 2.77. The fourth-order valence-corrected chi connectivity index (χ4v) is 2.34. The second kappa shape index (κ2) is 5.58. The van der Waals surface area contributed by atoms with Crippen LogP contribution in [0.15, 0.2) is 60.9 Å². The van der Waals surface area contributed by atoms with Gasteiger partial charge >= 0.3 is 0 Å². The molecule has 5 heteroatoms. The molecule has 1 N–H and O–H groups in total. The Morgan fingerprint density at radius 2 is 1.84 bits per heavy atom. The summed E-state index contributed by atoms with van der Waals surface area (Å²) in [5, 5.41) is 8.20. The molecule has 1 atom stereocenters. The molecule has 19 heavy (non-hydrogen) atoms. The topological polar surface area (TPSA) is 50.7 Å². The van der Waals surface area contributed by atoms with Gasteiger partial charge in [0.2, 0.25) is 0 Å². The molecule has 1 unspecified atom stereocenters. The number of hydrogen-bond acceptors (Lipinski definition) is 5. The van der Waals surface area contributed by atoms with Crippen molar-refractivity contribution < 1.29 is 0 Å². The second-order valence-corrected chi connectivity index (χ2v) is 4.81. The van der Waals surface area contributed by atoms with Crippen LogP contribution in [0.5, 0.6) is 0 Å². The van der Waals surface area contributed by atoms with E-state index in [1.165, 1.54) is 11.5 Å². The standard InChI is InChI=1S/C14H12N4S/c1-2-6-11(7-3-1)14(12-8-4-5-9-15-12)17-13-10-16-18-19-13/h1-10,14,17H. The van der Waals surface area contributed by atoms with Crippen LogP contribution < -0.4 is 5.32 Å². The minimum absolute atomic E-state index is 0.00431. The lowest BCUT2D eigenvalue weighted by molar-refractivity contribution is 0.890. The molecule has 1 aromatic carbocycles. The van der Waals surface area contributed by atoms with Crippen LogP contribution in [0.2, 0.25) is 0 Å². The summed E-state index contributed by atoms with van der Waals surface area (Å²) in [4.78, 5) is 4.44. The van der Waals surface area contributed by atoms with E-state index >= 15 is 0 Å². The van der Waals surface area contributed by atoms with Crippen LogP contribution in [0.25, 0.3) is 0 Å². The lowest BCUT2D eigenvalue weighted by Gasteiger charge is -2.18. The fourth-order valence-electron chi connectivity index (χ4n) is 1.89. The van der Waals surface area contributed by atoms with Crippen LogP contribution in [-0.4, -0.2) is 14.6 Å². The van der Waals surface area contributed by atoms with Gasteiger partial charge in [-0.05, 0) is 17.7 Å². The van der Waals surface area contributed by atoms with Crippen LogP contribution >= 0.6 is 11.5 Å². The van der Waals surface area contributed by atoms with Crippen molar-refractivity contribution in [1.82, 2.24) is 14.6 Å². The molecule has 2 heterocycles. The predicted molar refractivity (Wildman–Crippen MR) is 76.1 cm³/mol. The molecule has 3 rings (SSSR count). The smallest absolute Gasteiger partial charge is 0.130 e. The molecule has 0 aliphatic carbocycles. The maximum atomic E-state index is 4.44. The molecule has 0 amide bonds. The van der Waals surface area contributed by atoms with E-state index in [-0.39, 0.29) is 6.04 Å². The van der Waals surface area contributed by atoms with Gasteiger partial charge in [-0.2, -0.15) is 0 Å². The predicted octanol–water partition coefficient (Wildman–Crippen LogP) is 3.13. The number of nitrogens with one attached hydrogen (secondary N) is 1. The highest BCUT2D eigenvalue weighted by Crippen LogP contribution is 2.26. The van der Waals surface area contributed by atoms with Gasteiger partial charge in [0.05, 0.1) is 17.9 Å². The van der Waals surface area contributed by atoms with Crippen molar-refractivity contribution in [2.24, 2.45) is 0 Å². The van der Waals surface area contributed by atoms with Crippen LogP contribution in [0, 0.1) is 0 Å². The molecule has 0 aliphatic rings. The summed E-state index contributed by atoms with van der Waals surface area (Å²) in [5.74, 6) is 0. The summed E-state index contributed by atoms with van der Waals surface area (Å²) in [6.45, 7) is 0. The average molecular weight is 268 g/mol. The quantitative estimate of drug-likeness (QED) is 0.789. The monoisotopic (exact) mass is 268 g/mol. The van der Waals surface area contributed by atoms with Crippen LogP contribution in [0.3, 0.4) is 0 Å². The molecule has 0 saturated heterocycles. The minimum atomic E-state index is 0.00431. The first-order valence-electron chi connectivity index (χ1n) is 5.93. The number of aromatic nitrogens is 3. The Morgan fingerprint density at radius 1 is 1.00 bits per heavy atom. The SMILES string of the molecule is c1ccc(C(Nc2cnns2)c2ccccn2)cc1. The Balaban J connectivity index is 1.96. The van der Waals surface area contributed by atoms with Crippen molar-refractivity contribution >= 4 is 16.5 Å². The first-order chi connectivity index (χ1) is 9.43. The van der Waals surface area contributed by atoms with Crippen molar-refractivity contribution in [3.63, 3.8) is 0 Å². The van der Waals surface area contributed by atoms with Crippen LogP contribution in [-0.2, 0) is 0 Å². The summed E-state index contributed by atoms with van der Waals surface area (Å²) < 4.78 is 3.87. The van der Waals surface area contributed by atoms with E-state index in [1.807, 2.05) is 36.4 Å². The van der Waals surface area contributed by atoms with E-state index < -0.39 is 0 Å². The van der Waals surface area contributed by atoms with E-state index in [1.54, 1.807) is 12.4 Å². The van der Waals surface area contributed by atoms with Crippen molar-refractivity contribution in [2.45, 2.75) is 6.04 Å². The number of nitrogens with zero attached hydrogens (tertiary/aromatic N) is 3. The van der Waals surface area contributed by atoms with Gasteiger partial charge in [-0.3, -0.25) is 4.98 Å². The summed E-state index contributed by atoms with van der Waals surface area (Å²) in [5.41, 5.74) is 2.14. The van der Waals surface area contributed by atoms with Crippen molar-refractivity contribution in [1.29, 1.82) is 0 Å². The zero-order valence-electron chi connectivity index (χ0n) is 10.1. The first kappa shape index (κ1) is 11.8. The molecule has 0 saturated carbocycles. The Kier molecular flexibility index (Phi) is 3.47. The maximum absolute atomic E-state index is 4.44. The third-order valence-electron chi connectivity index (χ3n) is 2.76. The minimum Gasteiger partial charge on any atom is -0.362 e. The lowest BCUT2D eigenvalue weighted by Crippen LogP contribution is -2.12. The molecular formula is C14H12N4S. The molecule has 0 radical (unpaired) electrons. The zero-order chi connectivity index (χ0) is 12.9. The van der Waals surface area contributed by atoms with Gasteiger partial charge in [0, 0.05) is 17.7 Å². The molecule has 3 aromatic rings. The Bertz CT molecular complexity index is 571. The Morgan fingerprint density at radius 3 is 2.53 bits per heavy atom. The zero-order valence-corrected chi connectivity index (χ0v) is 10.9. The number of pyridine rings is 1. The molecule has 0 spiro atoms. The van der Waals surface area contributed by atoms with Gasteiger partial charge in [0.15, 0.2) is 0 Å². The van der Waals surface area contributed by atoms with Gasteiger partial charge < -0.3 is 5.32 Å². The molecule has 0 bridgehead atoms. The molecular weight excluding hydrogens is 256 g/mol. The van der Waals surface area contributed by atoms with Gasteiger partial charge in [0.25, 0.3) is 0 Å². The molecule has 0 aliphatic heterocycles. The van der Waals surface area contributed by atoms with E-state index in [4.69, 9.17) is 0 Å². The summed E-state index contributed by atoms with van der Waals surface area (Å²) in [6.07, 6.45) is 3.53. The molecule has 4 nitrogen and oxygen atoms in total. The largest absolute Gasteiger partial charge is 0.362 e. The van der Waals surface area contributed by atoms with Crippen LogP contribution in [0.1, 0.15) is 17.3 Å². The normalized spacial score (nSPS) is 12.0. The second-order valence-electron chi connectivity index (χ2n) is 4.02. The van der Waals surface area contributed by atoms with E-state index in [2.05, 4.69) is 32.0 Å². The van der Waals surface area contributed by atoms with Gasteiger partial charge in [-0.1, -0.05) is 40.9 Å². The van der Waals surface area contributed by atoms with Crippen molar-refractivity contribution in [2.75, 3.05) is 5.32 Å². The van der Waals surface area contributed by atoms with E-state index in [0.717, 1.165) is 16.3 Å². The number of anilines is 1. The fraction of sp³-hybridized carbons (Fsp3) is 0.0714.